The third-order valence-electron chi connectivity index (χ3n) is 4.83. The van der Waals surface area contributed by atoms with Gasteiger partial charge in [-0.3, -0.25) is 10.1 Å². The molecule has 0 saturated carbocycles. The Labute approximate surface area is 163 Å². The van der Waals surface area contributed by atoms with Crippen LogP contribution in [0.15, 0.2) is 30.6 Å². The molecule has 0 radical (unpaired) electrons. The van der Waals surface area contributed by atoms with Crippen LogP contribution in [-0.2, 0) is 19.6 Å². The monoisotopic (exact) mass is 396 g/mol. The predicted octanol–water partition coefficient (Wildman–Crippen LogP) is 2.81. The molecule has 1 aromatic carbocycles. The average Bonchev–Trinajstić information content (AvgIpc) is 3.26. The second-order valence-electron chi connectivity index (χ2n) is 6.73. The first kappa shape index (κ1) is 17.0. The van der Waals surface area contributed by atoms with Crippen LogP contribution in [0.4, 0.5) is 5.69 Å². The summed E-state index contributed by atoms with van der Waals surface area (Å²) in [6, 6.07) is 6.28. The van der Waals surface area contributed by atoms with Gasteiger partial charge in [-0.15, -0.1) is 16.4 Å². The number of hydrogen-bond donors (Lipinski definition) is 0. The average molecular weight is 396 g/mol. The van der Waals surface area contributed by atoms with Crippen LogP contribution in [0.1, 0.15) is 16.3 Å². The maximum absolute atomic E-state index is 11.1. The van der Waals surface area contributed by atoms with E-state index in [1.54, 1.807) is 40.4 Å². The molecule has 3 aromatic heterocycles. The molecule has 4 heterocycles. The molecule has 0 saturated heterocycles. The second-order valence-corrected chi connectivity index (χ2v) is 7.81. The number of fused-ring (bicyclic) bond motifs is 5. The van der Waals surface area contributed by atoms with Gasteiger partial charge < -0.3 is 9.64 Å². The molecule has 10 heteroatoms. The summed E-state index contributed by atoms with van der Waals surface area (Å²) in [4.78, 5) is 24.4. The Bertz CT molecular complexity index is 1220. The first-order chi connectivity index (χ1) is 13.6. The van der Waals surface area contributed by atoms with Crippen molar-refractivity contribution in [1.29, 1.82) is 0 Å². The molecule has 0 N–H and O–H groups in total. The van der Waals surface area contributed by atoms with E-state index in [0.29, 0.717) is 5.82 Å². The number of nitrogens with zero attached hydrogens (tertiary/aromatic N) is 6. The summed E-state index contributed by atoms with van der Waals surface area (Å²) < 4.78 is 7.29. The van der Waals surface area contributed by atoms with E-state index in [2.05, 4.69) is 27.0 Å². The topological polar surface area (TPSA) is 98.7 Å². The van der Waals surface area contributed by atoms with E-state index < -0.39 is 4.92 Å². The van der Waals surface area contributed by atoms with Crippen LogP contribution in [0, 0.1) is 10.1 Å². The molecule has 28 heavy (non-hydrogen) atoms. The standard InChI is InChI=1S/C18H16N6O3S/c1-22-7-6-11-14(8-22)28-18-16(11)17-20-15(21-23(17)10-19-18)9-27-13-5-3-2-4-12(13)24(25)26/h2-5,10H,6-9H2,1H3. The SMILES string of the molecule is CN1CCc2c(sc3ncn4nc(COc5ccccc5[N+](=O)[O-])nc4c23)C1. The molecular weight excluding hydrogens is 380 g/mol. The summed E-state index contributed by atoms with van der Waals surface area (Å²) in [5, 5.41) is 16.6. The molecule has 142 valence electrons. The summed E-state index contributed by atoms with van der Waals surface area (Å²) >= 11 is 1.70. The predicted molar refractivity (Wildman–Crippen MR) is 104 cm³/mol. The Balaban J connectivity index is 1.50. The summed E-state index contributed by atoms with van der Waals surface area (Å²) in [5.41, 5.74) is 1.98. The zero-order chi connectivity index (χ0) is 19.3. The van der Waals surface area contributed by atoms with Gasteiger partial charge >= 0.3 is 5.69 Å². The smallest absolute Gasteiger partial charge is 0.310 e. The number of aromatic nitrogens is 4. The number of ether oxygens (including phenoxy) is 1. The van der Waals surface area contributed by atoms with E-state index in [1.165, 1.54) is 16.5 Å². The molecule has 9 nitrogen and oxygen atoms in total. The highest BCUT2D eigenvalue weighted by Crippen LogP contribution is 2.35. The minimum absolute atomic E-state index is 0.0447. The number of rotatable bonds is 4. The number of hydrogen-bond acceptors (Lipinski definition) is 8. The quantitative estimate of drug-likeness (QED) is 0.386. The number of benzene rings is 1. The Morgan fingerprint density at radius 1 is 1.36 bits per heavy atom. The van der Waals surface area contributed by atoms with E-state index in [9.17, 15) is 10.1 Å². The fourth-order valence-corrected chi connectivity index (χ4v) is 4.76. The largest absolute Gasteiger partial charge is 0.478 e. The molecule has 5 rings (SSSR count). The lowest BCUT2D eigenvalue weighted by Gasteiger charge is -2.21. The maximum Gasteiger partial charge on any atom is 0.310 e. The molecule has 0 aliphatic carbocycles. The van der Waals surface area contributed by atoms with Crippen molar-refractivity contribution in [2.24, 2.45) is 0 Å². The van der Waals surface area contributed by atoms with Gasteiger partial charge in [-0.2, -0.15) is 0 Å². The van der Waals surface area contributed by atoms with Gasteiger partial charge in [0, 0.05) is 24.0 Å². The van der Waals surface area contributed by atoms with Gasteiger partial charge in [-0.1, -0.05) is 12.1 Å². The van der Waals surface area contributed by atoms with E-state index >= 15 is 0 Å². The van der Waals surface area contributed by atoms with Crippen LogP contribution >= 0.6 is 11.3 Å². The number of thiophene rings is 1. The zero-order valence-corrected chi connectivity index (χ0v) is 15.8. The van der Waals surface area contributed by atoms with Crippen molar-refractivity contribution < 1.29 is 9.66 Å². The van der Waals surface area contributed by atoms with Crippen molar-refractivity contribution in [3.8, 4) is 5.75 Å². The summed E-state index contributed by atoms with van der Waals surface area (Å²) in [6.07, 6.45) is 2.62. The highest BCUT2D eigenvalue weighted by atomic mass is 32.1. The zero-order valence-electron chi connectivity index (χ0n) is 15.0. The van der Waals surface area contributed by atoms with E-state index in [4.69, 9.17) is 4.74 Å². The fraction of sp³-hybridized carbons (Fsp3) is 0.278. The van der Waals surface area contributed by atoms with E-state index in [-0.39, 0.29) is 18.0 Å². The van der Waals surface area contributed by atoms with Gasteiger partial charge in [0.2, 0.25) is 0 Å². The van der Waals surface area contributed by atoms with Crippen LogP contribution in [0.5, 0.6) is 5.75 Å². The van der Waals surface area contributed by atoms with E-state index in [1.807, 2.05) is 0 Å². The van der Waals surface area contributed by atoms with Gasteiger partial charge in [-0.05, 0) is 25.1 Å². The maximum atomic E-state index is 11.1. The summed E-state index contributed by atoms with van der Waals surface area (Å²) in [6.45, 7) is 1.97. The molecule has 4 aromatic rings. The van der Waals surface area contributed by atoms with Crippen molar-refractivity contribution in [3.05, 3.63) is 57.0 Å². The molecule has 1 aliphatic rings. The molecule has 0 unspecified atom stereocenters. The first-order valence-corrected chi connectivity index (χ1v) is 9.61. The third kappa shape index (κ3) is 2.77. The van der Waals surface area contributed by atoms with Crippen LogP contribution in [0.2, 0.25) is 0 Å². The van der Waals surface area contributed by atoms with E-state index in [0.717, 1.165) is 35.4 Å². The number of nitro groups is 1. The van der Waals surface area contributed by atoms with Crippen LogP contribution in [0.3, 0.4) is 0 Å². The minimum atomic E-state index is -0.464. The van der Waals surface area contributed by atoms with Gasteiger partial charge in [0.25, 0.3) is 0 Å². The third-order valence-corrected chi connectivity index (χ3v) is 5.96. The van der Waals surface area contributed by atoms with Crippen molar-refractivity contribution in [3.63, 3.8) is 0 Å². The highest BCUT2D eigenvalue weighted by molar-refractivity contribution is 7.19. The number of nitro benzene ring substituents is 1. The molecule has 1 aliphatic heterocycles. The molecular formula is C18H16N6O3S. The fourth-order valence-electron chi connectivity index (χ4n) is 3.50. The Kier molecular flexibility index (Phi) is 3.95. The van der Waals surface area contributed by atoms with Gasteiger partial charge in [0.05, 0.1) is 10.3 Å². The molecule has 0 spiro atoms. The number of para-hydroxylation sites is 2. The highest BCUT2D eigenvalue weighted by Gasteiger charge is 2.23. The van der Waals surface area contributed by atoms with Crippen molar-refractivity contribution in [1.82, 2.24) is 24.5 Å². The van der Waals surface area contributed by atoms with Gasteiger partial charge in [0.15, 0.2) is 23.8 Å². The summed E-state index contributed by atoms with van der Waals surface area (Å²) in [5.74, 6) is 0.658. The van der Waals surface area contributed by atoms with Crippen molar-refractivity contribution in [2.75, 3.05) is 13.6 Å². The van der Waals surface area contributed by atoms with Crippen molar-refractivity contribution >= 4 is 32.9 Å². The Morgan fingerprint density at radius 3 is 3.07 bits per heavy atom. The normalized spacial score (nSPS) is 14.5. The summed E-state index contributed by atoms with van der Waals surface area (Å²) in [7, 11) is 2.12. The van der Waals surface area contributed by atoms with Gasteiger partial charge in [-0.25, -0.2) is 14.5 Å². The minimum Gasteiger partial charge on any atom is -0.478 e. The Hall–Kier alpha value is -3.11. The first-order valence-electron chi connectivity index (χ1n) is 8.79. The van der Waals surface area contributed by atoms with Crippen LogP contribution in [-0.4, -0.2) is 43.0 Å². The lowest BCUT2D eigenvalue weighted by atomic mass is 10.1. The lowest BCUT2D eigenvalue weighted by molar-refractivity contribution is -0.385. The van der Waals surface area contributed by atoms with Crippen LogP contribution < -0.4 is 4.74 Å². The van der Waals surface area contributed by atoms with Crippen LogP contribution in [0.25, 0.3) is 15.9 Å². The molecule has 0 bridgehead atoms. The molecule has 0 atom stereocenters. The molecule has 0 fully saturated rings. The van der Waals surface area contributed by atoms with Crippen molar-refractivity contribution in [2.45, 2.75) is 19.6 Å². The van der Waals surface area contributed by atoms with Gasteiger partial charge in [0.1, 0.15) is 11.2 Å². The number of likely N-dealkylation sites (N-methyl/N-ethyl adjacent to an activating group) is 1. The Morgan fingerprint density at radius 2 is 2.21 bits per heavy atom. The second kappa shape index (κ2) is 6.50. The lowest BCUT2D eigenvalue weighted by Crippen LogP contribution is -2.25. The molecule has 0 amide bonds.